The molecule has 0 amide bonds. The highest BCUT2D eigenvalue weighted by Gasteiger charge is 2.03. The van der Waals surface area contributed by atoms with Gasteiger partial charge in [0.05, 0.1) is 0 Å². The van der Waals surface area contributed by atoms with Crippen molar-refractivity contribution < 1.29 is 4.74 Å². The summed E-state index contributed by atoms with van der Waals surface area (Å²) in [5.41, 5.74) is 2.26. The SMILES string of the molecule is COCCCc1ncc(CNCC(C)C)c(C)n1. The summed E-state index contributed by atoms with van der Waals surface area (Å²) in [6, 6.07) is 0. The molecule has 1 aromatic heterocycles. The second-order valence-corrected chi connectivity index (χ2v) is 5.02. The smallest absolute Gasteiger partial charge is 0.128 e. The molecule has 0 aliphatic rings. The standard InChI is InChI=1S/C14H25N3O/c1-11(2)8-15-9-13-10-16-14(17-12(13)3)6-5-7-18-4/h10-11,15H,5-9H2,1-4H3. The molecular formula is C14H25N3O. The lowest BCUT2D eigenvalue weighted by atomic mass is 10.2. The zero-order chi connectivity index (χ0) is 13.4. The van der Waals surface area contributed by atoms with Crippen molar-refractivity contribution in [2.45, 2.75) is 40.2 Å². The molecule has 0 aliphatic heterocycles. The van der Waals surface area contributed by atoms with Crippen LogP contribution in [0, 0.1) is 12.8 Å². The van der Waals surface area contributed by atoms with Crippen molar-refractivity contribution in [1.82, 2.24) is 15.3 Å². The Hall–Kier alpha value is -1.00. The van der Waals surface area contributed by atoms with Crippen LogP contribution in [0.3, 0.4) is 0 Å². The van der Waals surface area contributed by atoms with Crippen molar-refractivity contribution in [2.24, 2.45) is 5.92 Å². The molecule has 18 heavy (non-hydrogen) atoms. The molecule has 0 saturated carbocycles. The van der Waals surface area contributed by atoms with Crippen LogP contribution in [0.25, 0.3) is 0 Å². The molecule has 4 nitrogen and oxygen atoms in total. The third kappa shape index (κ3) is 5.56. The van der Waals surface area contributed by atoms with E-state index in [9.17, 15) is 0 Å². The van der Waals surface area contributed by atoms with Crippen LogP contribution in [0.1, 0.15) is 37.4 Å². The van der Waals surface area contributed by atoms with Gasteiger partial charge in [-0.1, -0.05) is 13.8 Å². The Balaban J connectivity index is 2.46. The maximum absolute atomic E-state index is 5.03. The minimum Gasteiger partial charge on any atom is -0.385 e. The molecule has 0 bridgehead atoms. The number of nitrogens with zero attached hydrogens (tertiary/aromatic N) is 2. The van der Waals surface area contributed by atoms with E-state index in [1.807, 2.05) is 13.1 Å². The summed E-state index contributed by atoms with van der Waals surface area (Å²) in [7, 11) is 1.72. The minimum absolute atomic E-state index is 0.666. The van der Waals surface area contributed by atoms with Gasteiger partial charge in [0.1, 0.15) is 5.82 Å². The Morgan fingerprint density at radius 2 is 2.17 bits per heavy atom. The summed E-state index contributed by atoms with van der Waals surface area (Å²) in [5.74, 6) is 1.58. The molecule has 0 unspecified atom stereocenters. The molecular weight excluding hydrogens is 226 g/mol. The second kappa shape index (κ2) is 8.16. The molecule has 4 heteroatoms. The van der Waals surface area contributed by atoms with Crippen molar-refractivity contribution in [3.05, 3.63) is 23.3 Å². The number of nitrogens with one attached hydrogen (secondary N) is 1. The highest BCUT2D eigenvalue weighted by molar-refractivity contribution is 5.16. The molecule has 0 aliphatic carbocycles. The largest absolute Gasteiger partial charge is 0.385 e. The van der Waals surface area contributed by atoms with Crippen molar-refractivity contribution in [2.75, 3.05) is 20.3 Å². The molecule has 0 aromatic carbocycles. The highest BCUT2D eigenvalue weighted by Crippen LogP contribution is 2.05. The number of hydrogen-bond acceptors (Lipinski definition) is 4. The zero-order valence-electron chi connectivity index (χ0n) is 12.0. The number of aromatic nitrogens is 2. The van der Waals surface area contributed by atoms with Crippen LogP contribution in [0.2, 0.25) is 0 Å². The van der Waals surface area contributed by atoms with E-state index in [0.717, 1.165) is 44.1 Å². The van der Waals surface area contributed by atoms with Gasteiger partial charge in [0.25, 0.3) is 0 Å². The Morgan fingerprint density at radius 1 is 1.39 bits per heavy atom. The van der Waals surface area contributed by atoms with Gasteiger partial charge in [0.2, 0.25) is 0 Å². The summed E-state index contributed by atoms with van der Waals surface area (Å²) in [5, 5.41) is 3.41. The van der Waals surface area contributed by atoms with Crippen LogP contribution >= 0.6 is 0 Å². The molecule has 1 N–H and O–H groups in total. The molecule has 0 radical (unpaired) electrons. The van der Waals surface area contributed by atoms with Crippen molar-refractivity contribution >= 4 is 0 Å². The summed E-state index contributed by atoms with van der Waals surface area (Å²) in [6.07, 6.45) is 3.80. The van der Waals surface area contributed by atoms with Gasteiger partial charge in [0.15, 0.2) is 0 Å². The minimum atomic E-state index is 0.666. The number of ether oxygens (including phenoxy) is 1. The van der Waals surface area contributed by atoms with Gasteiger partial charge < -0.3 is 10.1 Å². The van der Waals surface area contributed by atoms with E-state index in [1.54, 1.807) is 7.11 Å². The number of aryl methyl sites for hydroxylation is 2. The highest BCUT2D eigenvalue weighted by atomic mass is 16.5. The first kappa shape index (κ1) is 15.1. The van der Waals surface area contributed by atoms with E-state index in [-0.39, 0.29) is 0 Å². The first-order valence-electron chi connectivity index (χ1n) is 6.64. The molecule has 1 aromatic rings. The van der Waals surface area contributed by atoms with Gasteiger partial charge in [-0.2, -0.15) is 0 Å². The fraction of sp³-hybridized carbons (Fsp3) is 0.714. The maximum atomic E-state index is 5.03. The third-order valence-electron chi connectivity index (χ3n) is 2.75. The second-order valence-electron chi connectivity index (χ2n) is 5.02. The van der Waals surface area contributed by atoms with Gasteiger partial charge >= 0.3 is 0 Å². The molecule has 0 saturated heterocycles. The Morgan fingerprint density at radius 3 is 2.78 bits per heavy atom. The summed E-state index contributed by atoms with van der Waals surface area (Å²) in [6.45, 7) is 9.09. The molecule has 0 fully saturated rings. The summed E-state index contributed by atoms with van der Waals surface area (Å²) in [4.78, 5) is 8.94. The van der Waals surface area contributed by atoms with E-state index in [0.29, 0.717) is 5.92 Å². The lowest BCUT2D eigenvalue weighted by Gasteiger charge is -2.10. The van der Waals surface area contributed by atoms with Gasteiger partial charge in [-0.15, -0.1) is 0 Å². The van der Waals surface area contributed by atoms with Crippen molar-refractivity contribution in [1.29, 1.82) is 0 Å². The monoisotopic (exact) mass is 251 g/mol. The van der Waals surface area contributed by atoms with E-state index in [2.05, 4.69) is 29.1 Å². The van der Waals surface area contributed by atoms with Crippen LogP contribution in [0.15, 0.2) is 6.20 Å². The van der Waals surface area contributed by atoms with Gasteiger partial charge in [-0.25, -0.2) is 9.97 Å². The summed E-state index contributed by atoms with van der Waals surface area (Å²) < 4.78 is 5.03. The van der Waals surface area contributed by atoms with Crippen LogP contribution in [-0.4, -0.2) is 30.2 Å². The average Bonchev–Trinajstić information content (AvgIpc) is 2.32. The quantitative estimate of drug-likeness (QED) is 0.719. The normalized spacial score (nSPS) is 11.2. The predicted octanol–water partition coefficient (Wildman–Crippen LogP) is 2.11. The van der Waals surface area contributed by atoms with Crippen LogP contribution in [0.5, 0.6) is 0 Å². The first-order valence-corrected chi connectivity index (χ1v) is 6.64. The molecule has 1 rings (SSSR count). The maximum Gasteiger partial charge on any atom is 0.128 e. The number of hydrogen-bond donors (Lipinski definition) is 1. The van der Waals surface area contributed by atoms with Crippen LogP contribution in [0.4, 0.5) is 0 Å². The lowest BCUT2D eigenvalue weighted by molar-refractivity contribution is 0.194. The van der Waals surface area contributed by atoms with Crippen molar-refractivity contribution in [3.8, 4) is 0 Å². The van der Waals surface area contributed by atoms with E-state index in [1.165, 1.54) is 5.56 Å². The van der Waals surface area contributed by atoms with Crippen LogP contribution < -0.4 is 5.32 Å². The summed E-state index contributed by atoms with van der Waals surface area (Å²) >= 11 is 0. The van der Waals surface area contributed by atoms with E-state index in [4.69, 9.17) is 4.74 Å². The zero-order valence-corrected chi connectivity index (χ0v) is 12.0. The lowest BCUT2D eigenvalue weighted by Crippen LogP contribution is -2.20. The first-order chi connectivity index (χ1) is 8.63. The fourth-order valence-corrected chi connectivity index (χ4v) is 1.70. The Kier molecular flexibility index (Phi) is 6.83. The topological polar surface area (TPSA) is 47.0 Å². The van der Waals surface area contributed by atoms with Gasteiger partial charge in [-0.05, 0) is 25.8 Å². The molecule has 102 valence electrons. The third-order valence-corrected chi connectivity index (χ3v) is 2.75. The molecule has 0 spiro atoms. The van der Waals surface area contributed by atoms with Crippen LogP contribution in [-0.2, 0) is 17.7 Å². The number of methoxy groups -OCH3 is 1. The predicted molar refractivity (Wildman–Crippen MR) is 73.5 cm³/mol. The fourth-order valence-electron chi connectivity index (χ4n) is 1.70. The average molecular weight is 251 g/mol. The van der Waals surface area contributed by atoms with Gasteiger partial charge in [-0.3, -0.25) is 0 Å². The van der Waals surface area contributed by atoms with E-state index < -0.39 is 0 Å². The van der Waals surface area contributed by atoms with Gasteiger partial charge in [0, 0.05) is 44.1 Å². The molecule has 0 atom stereocenters. The Bertz CT molecular complexity index is 353. The van der Waals surface area contributed by atoms with E-state index >= 15 is 0 Å². The van der Waals surface area contributed by atoms with Crippen molar-refractivity contribution in [3.63, 3.8) is 0 Å². The Labute approximate surface area is 110 Å². The molecule has 1 heterocycles. The number of rotatable bonds is 8.